The Kier molecular flexibility index (Phi) is 6.66. The third-order valence-electron chi connectivity index (χ3n) is 4.48. The Morgan fingerprint density at radius 3 is 2.85 bits per heavy atom. The van der Waals surface area contributed by atoms with E-state index in [0.717, 1.165) is 30.3 Å². The lowest BCUT2D eigenvalue weighted by Crippen LogP contribution is -2.41. The second-order valence-electron chi connectivity index (χ2n) is 6.40. The van der Waals surface area contributed by atoms with Crippen molar-refractivity contribution in [3.63, 3.8) is 0 Å². The van der Waals surface area contributed by atoms with Gasteiger partial charge in [0.25, 0.3) is 0 Å². The summed E-state index contributed by atoms with van der Waals surface area (Å²) in [5.41, 5.74) is 7.06. The van der Waals surface area contributed by atoms with Crippen LogP contribution in [0.3, 0.4) is 0 Å². The second-order valence-corrected chi connectivity index (χ2v) is 7.25. The van der Waals surface area contributed by atoms with Gasteiger partial charge in [0.15, 0.2) is 5.11 Å². The Bertz CT molecular complexity index is 733. The summed E-state index contributed by atoms with van der Waals surface area (Å²) in [6, 6.07) is 12.0. The van der Waals surface area contributed by atoms with Gasteiger partial charge in [0.05, 0.1) is 6.26 Å². The van der Waals surface area contributed by atoms with Crippen LogP contribution in [-0.4, -0.2) is 33.8 Å². The minimum absolute atomic E-state index is 0.234. The van der Waals surface area contributed by atoms with Gasteiger partial charge < -0.3 is 10.2 Å². The normalized spacial score (nSPS) is 18.3. The predicted molar refractivity (Wildman–Crippen MR) is 109 cm³/mol. The third kappa shape index (κ3) is 5.30. The zero-order chi connectivity index (χ0) is 18.4. The largest absolute Gasteiger partial charge is 0.467 e. The molecular formula is C19H23ClN4OS. The van der Waals surface area contributed by atoms with E-state index in [1.54, 1.807) is 11.3 Å². The van der Waals surface area contributed by atoms with E-state index in [0.29, 0.717) is 6.54 Å². The molecule has 5 nitrogen and oxygen atoms in total. The predicted octanol–water partition coefficient (Wildman–Crippen LogP) is 4.02. The molecule has 1 saturated heterocycles. The molecule has 1 atom stereocenters. The van der Waals surface area contributed by atoms with E-state index in [1.807, 2.05) is 30.5 Å². The molecule has 2 aromatic rings. The van der Waals surface area contributed by atoms with Crippen LogP contribution in [0.25, 0.3) is 0 Å². The molecule has 0 aliphatic carbocycles. The number of nitrogens with zero attached hydrogens (tertiary/aromatic N) is 3. The van der Waals surface area contributed by atoms with E-state index in [1.165, 1.54) is 18.4 Å². The van der Waals surface area contributed by atoms with E-state index in [2.05, 4.69) is 22.1 Å². The lowest BCUT2D eigenvalue weighted by molar-refractivity contribution is 0.185. The molecule has 0 amide bonds. The average molecular weight is 391 g/mol. The van der Waals surface area contributed by atoms with Crippen LogP contribution in [0.15, 0.2) is 52.2 Å². The number of rotatable bonds is 6. The Morgan fingerprint density at radius 1 is 1.35 bits per heavy atom. The minimum Gasteiger partial charge on any atom is -0.467 e. The van der Waals surface area contributed by atoms with Gasteiger partial charge in [-0.1, -0.05) is 30.2 Å². The lowest BCUT2D eigenvalue weighted by Gasteiger charge is -2.33. The van der Waals surface area contributed by atoms with Gasteiger partial charge >= 0.3 is 0 Å². The Labute approximate surface area is 164 Å². The summed E-state index contributed by atoms with van der Waals surface area (Å²) in [4.78, 5) is 2.43. The van der Waals surface area contributed by atoms with Crippen LogP contribution in [0.2, 0.25) is 5.02 Å². The molecule has 1 aliphatic rings. The number of nitrogens with two attached hydrogens (primary N) is 1. The van der Waals surface area contributed by atoms with Gasteiger partial charge in [-0.25, -0.2) is 5.01 Å². The van der Waals surface area contributed by atoms with Crippen LogP contribution in [0.1, 0.15) is 30.6 Å². The fourth-order valence-electron chi connectivity index (χ4n) is 3.09. The van der Waals surface area contributed by atoms with Crippen LogP contribution < -0.4 is 5.73 Å². The van der Waals surface area contributed by atoms with Crippen LogP contribution in [0.4, 0.5) is 0 Å². The maximum Gasteiger partial charge on any atom is 0.187 e. The number of benzene rings is 1. The molecule has 1 unspecified atom stereocenters. The molecule has 1 fully saturated rings. The third-order valence-corrected chi connectivity index (χ3v) is 4.94. The van der Waals surface area contributed by atoms with Gasteiger partial charge in [-0.05, 0) is 61.4 Å². The number of hydrazone groups is 1. The van der Waals surface area contributed by atoms with Crippen molar-refractivity contribution in [1.29, 1.82) is 0 Å². The van der Waals surface area contributed by atoms with Crippen molar-refractivity contribution in [3.05, 3.63) is 59.0 Å². The number of hydrogen-bond acceptors (Lipinski definition) is 4. The summed E-state index contributed by atoms with van der Waals surface area (Å²) in [7, 11) is 0. The first kappa shape index (κ1) is 18.9. The van der Waals surface area contributed by atoms with E-state index >= 15 is 0 Å². The molecule has 138 valence electrons. The average Bonchev–Trinajstić information content (AvgIpc) is 3.14. The van der Waals surface area contributed by atoms with Crippen LogP contribution >= 0.6 is 23.8 Å². The highest BCUT2D eigenvalue weighted by atomic mass is 35.5. The zero-order valence-electron chi connectivity index (χ0n) is 14.6. The number of piperidine rings is 1. The van der Waals surface area contributed by atoms with Crippen molar-refractivity contribution >= 4 is 35.1 Å². The molecule has 2 N–H and O–H groups in total. The Morgan fingerprint density at radius 2 is 2.15 bits per heavy atom. The monoisotopic (exact) mass is 390 g/mol. The smallest absolute Gasteiger partial charge is 0.187 e. The number of thiocarbonyl (C=S) groups is 1. The molecular weight excluding hydrogens is 368 g/mol. The van der Waals surface area contributed by atoms with Crippen molar-refractivity contribution in [2.24, 2.45) is 10.8 Å². The molecule has 1 aromatic carbocycles. The van der Waals surface area contributed by atoms with E-state index < -0.39 is 0 Å². The van der Waals surface area contributed by atoms with Gasteiger partial charge in [0.1, 0.15) is 12.3 Å². The van der Waals surface area contributed by atoms with Crippen LogP contribution in [0.5, 0.6) is 0 Å². The number of likely N-dealkylation sites (tertiary alicyclic amines) is 1. The number of furan rings is 1. The standard InChI is InChI=1S/C19H23ClN4OS/c20-16-8-6-15(7-9-16)13-23-10-2-1-4-17(23)12-22-24(19(21)26)14-18-5-3-11-25-18/h3,5-9,11-12,17H,1-2,4,10,13-14H2,(H2,21,26). The summed E-state index contributed by atoms with van der Waals surface area (Å²) >= 11 is 11.1. The highest BCUT2D eigenvalue weighted by Gasteiger charge is 2.21. The van der Waals surface area contributed by atoms with Crippen molar-refractivity contribution in [2.75, 3.05) is 6.54 Å². The molecule has 3 rings (SSSR count). The van der Waals surface area contributed by atoms with Crippen molar-refractivity contribution in [2.45, 2.75) is 38.4 Å². The number of halogens is 1. The Hall–Kier alpha value is -1.89. The molecule has 2 heterocycles. The van der Waals surface area contributed by atoms with Gasteiger partial charge in [0, 0.05) is 23.8 Å². The molecule has 7 heteroatoms. The molecule has 0 spiro atoms. The zero-order valence-corrected chi connectivity index (χ0v) is 16.1. The fourth-order valence-corrected chi connectivity index (χ4v) is 3.33. The summed E-state index contributed by atoms with van der Waals surface area (Å²) in [6.07, 6.45) is 7.05. The first-order chi connectivity index (χ1) is 12.6. The van der Waals surface area contributed by atoms with Crippen molar-refractivity contribution in [3.8, 4) is 0 Å². The maximum atomic E-state index is 5.98. The lowest BCUT2D eigenvalue weighted by atomic mass is 10.0. The van der Waals surface area contributed by atoms with E-state index in [-0.39, 0.29) is 11.2 Å². The quantitative estimate of drug-likeness (QED) is 0.458. The van der Waals surface area contributed by atoms with Crippen LogP contribution in [-0.2, 0) is 13.1 Å². The first-order valence-corrected chi connectivity index (χ1v) is 9.52. The molecule has 0 saturated carbocycles. The SMILES string of the molecule is NC(=S)N(Cc1ccco1)N=CC1CCCCN1Cc1ccc(Cl)cc1. The maximum absolute atomic E-state index is 5.98. The second kappa shape index (κ2) is 9.16. The van der Waals surface area contributed by atoms with E-state index in [9.17, 15) is 0 Å². The molecule has 0 radical (unpaired) electrons. The van der Waals surface area contributed by atoms with Crippen molar-refractivity contribution in [1.82, 2.24) is 9.91 Å². The van der Waals surface area contributed by atoms with Crippen molar-refractivity contribution < 1.29 is 4.42 Å². The topological polar surface area (TPSA) is 58.0 Å². The summed E-state index contributed by atoms with van der Waals surface area (Å²) in [6.45, 7) is 2.35. The van der Waals surface area contributed by atoms with Crippen LogP contribution in [0, 0.1) is 0 Å². The Balaban J connectivity index is 1.66. The van der Waals surface area contributed by atoms with Gasteiger partial charge in [0.2, 0.25) is 0 Å². The van der Waals surface area contributed by atoms with Gasteiger partial charge in [-0.15, -0.1) is 0 Å². The van der Waals surface area contributed by atoms with E-state index in [4.69, 9.17) is 34.0 Å². The van der Waals surface area contributed by atoms with Gasteiger partial charge in [-0.3, -0.25) is 4.90 Å². The fraction of sp³-hybridized carbons (Fsp3) is 0.368. The number of hydrogen-bond donors (Lipinski definition) is 1. The highest BCUT2D eigenvalue weighted by molar-refractivity contribution is 7.80. The first-order valence-electron chi connectivity index (χ1n) is 8.74. The summed E-state index contributed by atoms with van der Waals surface area (Å²) in [5, 5.41) is 7.14. The molecule has 1 aromatic heterocycles. The molecule has 1 aliphatic heterocycles. The van der Waals surface area contributed by atoms with Gasteiger partial charge in [-0.2, -0.15) is 5.10 Å². The summed E-state index contributed by atoms with van der Waals surface area (Å²) in [5.74, 6) is 0.775. The molecule has 26 heavy (non-hydrogen) atoms. The highest BCUT2D eigenvalue weighted by Crippen LogP contribution is 2.20. The minimum atomic E-state index is 0.234. The summed E-state index contributed by atoms with van der Waals surface area (Å²) < 4.78 is 5.36. The molecule has 0 bridgehead atoms.